The van der Waals surface area contributed by atoms with Crippen molar-refractivity contribution in [3.8, 4) is 5.88 Å². The van der Waals surface area contributed by atoms with Gasteiger partial charge in [0.25, 0.3) is 0 Å². The number of rotatable bonds is 4. The Balaban J connectivity index is 1.93. The second-order valence-electron chi connectivity index (χ2n) is 4.62. The SMILES string of the molecule is NCc1cc2ccccc2c(OCc2ccccc2)n1. The topological polar surface area (TPSA) is 48.1 Å². The van der Waals surface area contributed by atoms with E-state index in [0.717, 1.165) is 22.0 Å². The highest BCUT2D eigenvalue weighted by Crippen LogP contribution is 2.25. The van der Waals surface area contributed by atoms with Gasteiger partial charge in [-0.25, -0.2) is 4.98 Å². The van der Waals surface area contributed by atoms with Crippen LogP contribution >= 0.6 is 0 Å². The maximum atomic E-state index is 5.88. The first-order valence-electron chi connectivity index (χ1n) is 6.62. The molecule has 0 aliphatic rings. The highest BCUT2D eigenvalue weighted by molar-refractivity contribution is 5.87. The van der Waals surface area contributed by atoms with Crippen LogP contribution in [0.2, 0.25) is 0 Å². The van der Waals surface area contributed by atoms with Crippen LogP contribution in [0.3, 0.4) is 0 Å². The Morgan fingerprint density at radius 3 is 2.50 bits per heavy atom. The Morgan fingerprint density at radius 2 is 1.70 bits per heavy atom. The second-order valence-corrected chi connectivity index (χ2v) is 4.62. The fraction of sp³-hybridized carbons (Fsp3) is 0.118. The summed E-state index contributed by atoms with van der Waals surface area (Å²) in [6.45, 7) is 0.915. The van der Waals surface area contributed by atoms with Crippen molar-refractivity contribution in [3.63, 3.8) is 0 Å². The predicted octanol–water partition coefficient (Wildman–Crippen LogP) is 3.27. The molecule has 0 radical (unpaired) electrons. The van der Waals surface area contributed by atoms with Gasteiger partial charge in [-0.2, -0.15) is 0 Å². The van der Waals surface area contributed by atoms with Gasteiger partial charge in [-0.3, -0.25) is 0 Å². The quantitative estimate of drug-likeness (QED) is 0.786. The first-order valence-corrected chi connectivity index (χ1v) is 6.62. The lowest BCUT2D eigenvalue weighted by Gasteiger charge is -2.10. The highest BCUT2D eigenvalue weighted by atomic mass is 16.5. The largest absolute Gasteiger partial charge is 0.472 e. The molecule has 0 unspecified atom stereocenters. The Kier molecular flexibility index (Phi) is 3.61. The number of hydrogen-bond acceptors (Lipinski definition) is 3. The van der Waals surface area contributed by atoms with Crippen LogP contribution in [0.4, 0.5) is 0 Å². The lowest BCUT2D eigenvalue weighted by atomic mass is 10.1. The first kappa shape index (κ1) is 12.6. The van der Waals surface area contributed by atoms with Gasteiger partial charge < -0.3 is 10.5 Å². The molecular formula is C17H16N2O. The first-order chi connectivity index (χ1) is 9.86. The molecule has 3 rings (SSSR count). The zero-order valence-corrected chi connectivity index (χ0v) is 11.1. The van der Waals surface area contributed by atoms with Crippen molar-refractivity contribution in [3.05, 3.63) is 71.9 Å². The molecule has 3 heteroatoms. The lowest BCUT2D eigenvalue weighted by molar-refractivity contribution is 0.297. The standard InChI is InChI=1S/C17H16N2O/c18-11-15-10-14-8-4-5-9-16(14)17(19-15)20-12-13-6-2-1-3-7-13/h1-10H,11-12,18H2. The summed E-state index contributed by atoms with van der Waals surface area (Å²) in [6, 6.07) is 20.1. The Bertz CT molecular complexity index is 711. The molecule has 1 aromatic heterocycles. The van der Waals surface area contributed by atoms with Crippen LogP contribution in [0.25, 0.3) is 10.8 Å². The number of nitrogens with two attached hydrogens (primary N) is 1. The molecule has 0 aliphatic heterocycles. The van der Waals surface area contributed by atoms with Crippen LogP contribution in [0, 0.1) is 0 Å². The molecule has 1 heterocycles. The number of ether oxygens (including phenoxy) is 1. The van der Waals surface area contributed by atoms with E-state index in [9.17, 15) is 0 Å². The average Bonchev–Trinajstić information content (AvgIpc) is 2.53. The predicted molar refractivity (Wildman–Crippen MR) is 80.4 cm³/mol. The monoisotopic (exact) mass is 264 g/mol. The highest BCUT2D eigenvalue weighted by Gasteiger charge is 2.06. The molecule has 20 heavy (non-hydrogen) atoms. The molecule has 0 saturated heterocycles. The molecular weight excluding hydrogens is 248 g/mol. The summed E-state index contributed by atoms with van der Waals surface area (Å²) in [6.07, 6.45) is 0. The number of hydrogen-bond donors (Lipinski definition) is 1. The molecule has 2 N–H and O–H groups in total. The molecule has 0 amide bonds. The molecule has 0 aliphatic carbocycles. The molecule has 0 spiro atoms. The van der Waals surface area contributed by atoms with Gasteiger partial charge in [0.1, 0.15) is 6.61 Å². The van der Waals surface area contributed by atoms with E-state index < -0.39 is 0 Å². The maximum absolute atomic E-state index is 5.88. The van der Waals surface area contributed by atoms with Crippen molar-refractivity contribution in [2.24, 2.45) is 5.73 Å². The van der Waals surface area contributed by atoms with Gasteiger partial charge in [-0.05, 0) is 23.1 Å². The van der Waals surface area contributed by atoms with E-state index in [1.807, 2.05) is 60.7 Å². The Morgan fingerprint density at radius 1 is 0.950 bits per heavy atom. The van der Waals surface area contributed by atoms with Crippen molar-refractivity contribution in [2.45, 2.75) is 13.2 Å². The van der Waals surface area contributed by atoms with Crippen LogP contribution in [-0.4, -0.2) is 4.98 Å². The molecule has 2 aromatic carbocycles. The van der Waals surface area contributed by atoms with Crippen LogP contribution in [0.5, 0.6) is 5.88 Å². The van der Waals surface area contributed by atoms with E-state index >= 15 is 0 Å². The maximum Gasteiger partial charge on any atom is 0.221 e. The van der Waals surface area contributed by atoms with Crippen LogP contribution < -0.4 is 10.5 Å². The molecule has 0 bridgehead atoms. The minimum absolute atomic E-state index is 0.409. The van der Waals surface area contributed by atoms with Gasteiger partial charge in [0, 0.05) is 11.9 Å². The summed E-state index contributed by atoms with van der Waals surface area (Å²) in [7, 11) is 0. The number of nitrogens with zero attached hydrogens (tertiary/aromatic N) is 1. The molecule has 3 aromatic rings. The summed E-state index contributed by atoms with van der Waals surface area (Å²) in [5, 5.41) is 2.12. The van der Waals surface area contributed by atoms with Crippen molar-refractivity contribution in [1.82, 2.24) is 4.98 Å². The fourth-order valence-electron chi connectivity index (χ4n) is 2.16. The minimum atomic E-state index is 0.409. The van der Waals surface area contributed by atoms with E-state index in [1.54, 1.807) is 0 Å². The smallest absolute Gasteiger partial charge is 0.221 e. The van der Waals surface area contributed by atoms with E-state index in [1.165, 1.54) is 0 Å². The summed E-state index contributed by atoms with van der Waals surface area (Å²) in [5.74, 6) is 0.646. The number of benzene rings is 2. The molecule has 0 fully saturated rings. The Labute approximate surface area is 118 Å². The van der Waals surface area contributed by atoms with Crippen molar-refractivity contribution < 1.29 is 4.74 Å². The normalized spacial score (nSPS) is 10.7. The van der Waals surface area contributed by atoms with Crippen LogP contribution in [-0.2, 0) is 13.2 Å². The van der Waals surface area contributed by atoms with Gasteiger partial charge in [0.2, 0.25) is 5.88 Å². The molecule has 100 valence electrons. The molecule has 0 saturated carbocycles. The van der Waals surface area contributed by atoms with E-state index in [4.69, 9.17) is 10.5 Å². The third kappa shape index (κ3) is 2.63. The zero-order chi connectivity index (χ0) is 13.8. The van der Waals surface area contributed by atoms with Gasteiger partial charge in [0.15, 0.2) is 0 Å². The zero-order valence-electron chi connectivity index (χ0n) is 11.1. The third-order valence-corrected chi connectivity index (χ3v) is 3.19. The second kappa shape index (κ2) is 5.72. The van der Waals surface area contributed by atoms with Gasteiger partial charge in [-0.1, -0.05) is 48.5 Å². The van der Waals surface area contributed by atoms with Crippen LogP contribution in [0.1, 0.15) is 11.3 Å². The number of fused-ring (bicyclic) bond motifs is 1. The van der Waals surface area contributed by atoms with E-state index in [2.05, 4.69) is 4.98 Å². The van der Waals surface area contributed by atoms with Gasteiger partial charge in [-0.15, -0.1) is 0 Å². The minimum Gasteiger partial charge on any atom is -0.472 e. The van der Waals surface area contributed by atoms with Gasteiger partial charge >= 0.3 is 0 Å². The summed E-state index contributed by atoms with van der Waals surface area (Å²) < 4.78 is 5.88. The van der Waals surface area contributed by atoms with Crippen LogP contribution in [0.15, 0.2) is 60.7 Å². The number of pyridine rings is 1. The summed E-state index contributed by atoms with van der Waals surface area (Å²) >= 11 is 0. The molecule has 3 nitrogen and oxygen atoms in total. The molecule has 0 atom stereocenters. The van der Waals surface area contributed by atoms with Crippen molar-refractivity contribution >= 4 is 10.8 Å². The van der Waals surface area contributed by atoms with Gasteiger partial charge in [0.05, 0.1) is 5.69 Å². The third-order valence-electron chi connectivity index (χ3n) is 3.19. The fourth-order valence-corrected chi connectivity index (χ4v) is 2.16. The van der Waals surface area contributed by atoms with E-state index in [0.29, 0.717) is 19.0 Å². The lowest BCUT2D eigenvalue weighted by Crippen LogP contribution is -2.03. The number of aromatic nitrogens is 1. The van der Waals surface area contributed by atoms with E-state index in [-0.39, 0.29) is 0 Å². The summed E-state index contributed by atoms with van der Waals surface area (Å²) in [4.78, 5) is 4.49. The Hall–Kier alpha value is -2.39. The summed E-state index contributed by atoms with van der Waals surface area (Å²) in [5.41, 5.74) is 7.66. The van der Waals surface area contributed by atoms with Crippen molar-refractivity contribution in [1.29, 1.82) is 0 Å². The van der Waals surface area contributed by atoms with Crippen molar-refractivity contribution in [2.75, 3.05) is 0 Å². The average molecular weight is 264 g/mol.